The van der Waals surface area contributed by atoms with Crippen LogP contribution in [0.25, 0.3) is 109 Å². The average Bonchev–Trinajstić information content (AvgIpc) is 3.89. The highest BCUT2D eigenvalue weighted by Crippen LogP contribution is 2.47. The number of para-hydroxylation sites is 2. The summed E-state index contributed by atoms with van der Waals surface area (Å²) in [6.07, 6.45) is 10.6. The zero-order valence-electron chi connectivity index (χ0n) is 35.8. The van der Waals surface area contributed by atoms with Crippen LogP contribution < -0.4 is 5.32 Å². The number of hydrogen-bond donors (Lipinski definition) is 1. The summed E-state index contributed by atoms with van der Waals surface area (Å²) in [4.78, 5) is 5.44. The van der Waals surface area contributed by atoms with Crippen LogP contribution >= 0.6 is 0 Å². The Morgan fingerprint density at radius 3 is 2.00 bits per heavy atom. The molecule has 1 unspecified atom stereocenters. The molecule has 0 amide bonds. The van der Waals surface area contributed by atoms with Crippen molar-refractivity contribution in [3.63, 3.8) is 0 Å². The first-order chi connectivity index (χ1) is 32.2. The van der Waals surface area contributed by atoms with Gasteiger partial charge in [-0.3, -0.25) is 4.57 Å². The van der Waals surface area contributed by atoms with Gasteiger partial charge < -0.3 is 9.88 Å². The van der Waals surface area contributed by atoms with E-state index in [1.165, 1.54) is 86.8 Å². The lowest BCUT2D eigenvalue weighted by atomic mass is 9.88. The van der Waals surface area contributed by atoms with Gasteiger partial charge in [0.15, 0.2) is 0 Å². The number of benzene rings is 10. The molecule has 0 spiro atoms. The van der Waals surface area contributed by atoms with E-state index in [4.69, 9.17) is 4.99 Å². The van der Waals surface area contributed by atoms with Crippen molar-refractivity contribution in [2.75, 3.05) is 7.05 Å². The Morgan fingerprint density at radius 2 is 1.18 bits per heavy atom. The molecule has 10 aromatic carbocycles. The summed E-state index contributed by atoms with van der Waals surface area (Å²) >= 11 is 0. The van der Waals surface area contributed by atoms with Gasteiger partial charge in [-0.1, -0.05) is 176 Å². The van der Waals surface area contributed by atoms with Gasteiger partial charge in [-0.05, 0) is 98.5 Å². The fourth-order valence-electron chi connectivity index (χ4n) is 10.8. The molecule has 0 radical (unpaired) electrons. The van der Waals surface area contributed by atoms with E-state index in [-0.39, 0.29) is 6.04 Å². The van der Waals surface area contributed by atoms with E-state index in [2.05, 4.69) is 239 Å². The highest BCUT2D eigenvalue weighted by atomic mass is 15.0. The molecule has 1 aliphatic carbocycles. The second-order valence-electron chi connectivity index (χ2n) is 17.1. The molecule has 4 heteroatoms. The number of nitrogens with one attached hydrogen (secondary N) is 1. The molecule has 4 nitrogen and oxygen atoms in total. The number of aliphatic imine (C=N–C) groups is 1. The van der Waals surface area contributed by atoms with E-state index >= 15 is 0 Å². The fourth-order valence-corrected chi connectivity index (χ4v) is 10.8. The van der Waals surface area contributed by atoms with Crippen LogP contribution in [0.5, 0.6) is 0 Å². The van der Waals surface area contributed by atoms with Gasteiger partial charge in [0.2, 0.25) is 0 Å². The molecule has 2 heterocycles. The standard InChI is InChI=1S/C61H42N4/c1-62-53-30-16-14-28-48(53)60(40-19-4-2-5-20-40)63-38-64-54-31-17-15-29-49(54)59-58-46-26-12-10-24-44(46)50(37-51(58)45-25-11-13-27-47(45)61(59)64)41-33-34-55-52(36-41)57-43-23-9-8-18-39(43)32-35-56(57)65(55)42-21-6-3-7-22-42/h2-38,53,62H,1H3/b60-48-,63-38?. The second kappa shape index (κ2) is 14.9. The van der Waals surface area contributed by atoms with E-state index in [9.17, 15) is 0 Å². The SMILES string of the molecule is CNC1C=CC=C/C1=C(/N=Cn1c2ccccc2c2c3c4ccccc4c(-c4ccc5c(c4)c4c6ccccc6ccc4n5-c4ccccc4)cc3c3ccccc3c21)c1ccccc1. The first-order valence-corrected chi connectivity index (χ1v) is 22.4. The Bertz CT molecular complexity index is 4030. The molecule has 306 valence electrons. The number of likely N-dealkylation sites (N-methyl/N-ethyl adjacent to an activating group) is 1. The molecule has 65 heavy (non-hydrogen) atoms. The molecular formula is C61H42N4. The molecule has 1 aliphatic rings. The maximum Gasteiger partial charge on any atom is 0.100 e. The van der Waals surface area contributed by atoms with Crippen LogP contribution in [0.1, 0.15) is 5.56 Å². The normalized spacial score (nSPS) is 15.1. The third kappa shape index (κ3) is 5.71. The van der Waals surface area contributed by atoms with Crippen molar-refractivity contribution in [2.24, 2.45) is 4.99 Å². The number of rotatable bonds is 6. The molecule has 1 atom stereocenters. The third-order valence-corrected chi connectivity index (χ3v) is 13.6. The number of hydrogen-bond acceptors (Lipinski definition) is 2. The lowest BCUT2D eigenvalue weighted by Gasteiger charge is -2.19. The van der Waals surface area contributed by atoms with Gasteiger partial charge in [0.1, 0.15) is 6.34 Å². The maximum absolute atomic E-state index is 5.44. The lowest BCUT2D eigenvalue weighted by molar-refractivity contribution is 0.762. The highest BCUT2D eigenvalue weighted by molar-refractivity contribution is 6.38. The van der Waals surface area contributed by atoms with Crippen molar-refractivity contribution in [3.8, 4) is 16.8 Å². The molecule has 0 bridgehead atoms. The van der Waals surface area contributed by atoms with Crippen molar-refractivity contribution in [1.29, 1.82) is 0 Å². The van der Waals surface area contributed by atoms with Gasteiger partial charge in [-0.2, -0.15) is 0 Å². The van der Waals surface area contributed by atoms with Crippen LogP contribution in [-0.4, -0.2) is 28.6 Å². The minimum absolute atomic E-state index is 0.0402. The van der Waals surface area contributed by atoms with E-state index in [0.29, 0.717) is 0 Å². The van der Waals surface area contributed by atoms with E-state index in [0.717, 1.165) is 33.6 Å². The Kier molecular flexibility index (Phi) is 8.55. The maximum atomic E-state index is 5.44. The Balaban J connectivity index is 1.11. The Hall–Kier alpha value is -8.31. The number of fused-ring (bicyclic) bond motifs is 15. The molecule has 0 saturated heterocycles. The first-order valence-electron chi connectivity index (χ1n) is 22.4. The summed E-state index contributed by atoms with van der Waals surface area (Å²) in [5.74, 6) is 0. The van der Waals surface area contributed by atoms with E-state index in [1.54, 1.807) is 0 Å². The van der Waals surface area contributed by atoms with Crippen molar-refractivity contribution < 1.29 is 0 Å². The number of nitrogens with zero attached hydrogens (tertiary/aromatic N) is 3. The first kappa shape index (κ1) is 37.3. The molecule has 1 N–H and O–H groups in total. The summed E-state index contributed by atoms with van der Waals surface area (Å²) in [6.45, 7) is 0. The molecule has 12 aromatic rings. The van der Waals surface area contributed by atoms with Gasteiger partial charge in [-0.25, -0.2) is 4.99 Å². The minimum Gasteiger partial charge on any atom is -0.310 e. The van der Waals surface area contributed by atoms with E-state index in [1.807, 2.05) is 7.05 Å². The van der Waals surface area contributed by atoms with Crippen LogP contribution in [0.3, 0.4) is 0 Å². The topological polar surface area (TPSA) is 34.2 Å². The molecule has 2 aromatic heterocycles. The van der Waals surface area contributed by atoms with Crippen molar-refractivity contribution in [1.82, 2.24) is 14.5 Å². The summed E-state index contributed by atoms with van der Waals surface area (Å²) < 4.78 is 4.75. The van der Waals surface area contributed by atoms with Crippen molar-refractivity contribution in [2.45, 2.75) is 6.04 Å². The van der Waals surface area contributed by atoms with Crippen LogP contribution in [0, 0.1) is 0 Å². The van der Waals surface area contributed by atoms with Crippen LogP contribution in [0.2, 0.25) is 0 Å². The van der Waals surface area contributed by atoms with E-state index < -0.39 is 0 Å². The van der Waals surface area contributed by atoms with Gasteiger partial charge >= 0.3 is 0 Å². The third-order valence-electron chi connectivity index (χ3n) is 13.6. The summed E-state index contributed by atoms with van der Waals surface area (Å²) in [7, 11) is 2.00. The van der Waals surface area contributed by atoms with Crippen molar-refractivity contribution >= 4 is 98.7 Å². The van der Waals surface area contributed by atoms with Gasteiger partial charge in [0.05, 0.1) is 33.8 Å². The summed E-state index contributed by atoms with van der Waals surface area (Å²) in [5.41, 5.74) is 11.4. The summed E-state index contributed by atoms with van der Waals surface area (Å²) in [5, 5.41) is 18.3. The number of allylic oxidation sites excluding steroid dienone is 2. The Morgan fingerprint density at radius 1 is 0.508 bits per heavy atom. The van der Waals surface area contributed by atoms with Crippen LogP contribution in [-0.2, 0) is 0 Å². The lowest BCUT2D eigenvalue weighted by Crippen LogP contribution is -2.26. The predicted molar refractivity (Wildman–Crippen MR) is 278 cm³/mol. The molecule has 0 fully saturated rings. The van der Waals surface area contributed by atoms with Gasteiger partial charge in [0, 0.05) is 43.6 Å². The quantitative estimate of drug-likeness (QED) is 0.101. The van der Waals surface area contributed by atoms with Crippen LogP contribution in [0.4, 0.5) is 0 Å². The minimum atomic E-state index is 0.0402. The molecule has 0 saturated carbocycles. The molecule has 0 aliphatic heterocycles. The predicted octanol–water partition coefficient (Wildman–Crippen LogP) is 15.2. The van der Waals surface area contributed by atoms with Crippen molar-refractivity contribution in [3.05, 3.63) is 230 Å². The highest BCUT2D eigenvalue weighted by Gasteiger charge is 2.23. The monoisotopic (exact) mass is 830 g/mol. The fraction of sp³-hybridized carbons (Fsp3) is 0.0328. The largest absolute Gasteiger partial charge is 0.310 e. The molecular weight excluding hydrogens is 789 g/mol. The van der Waals surface area contributed by atoms with Gasteiger partial charge in [0.25, 0.3) is 0 Å². The summed E-state index contributed by atoms with van der Waals surface area (Å²) in [6, 6.07) is 71.0. The van der Waals surface area contributed by atoms with Crippen LogP contribution in [0.15, 0.2) is 229 Å². The van der Waals surface area contributed by atoms with Gasteiger partial charge in [-0.15, -0.1) is 0 Å². The second-order valence-corrected chi connectivity index (χ2v) is 17.1. The zero-order valence-corrected chi connectivity index (χ0v) is 35.8. The smallest absolute Gasteiger partial charge is 0.100 e. The average molecular weight is 831 g/mol. The Labute approximate surface area is 376 Å². The molecule has 13 rings (SSSR count). The zero-order chi connectivity index (χ0) is 43.0. The number of aromatic nitrogens is 2.